The first-order chi connectivity index (χ1) is 10.3. The smallest absolute Gasteiger partial charge is 0.306 e. The Morgan fingerprint density at radius 3 is 2.50 bits per heavy atom. The lowest BCUT2D eigenvalue weighted by Gasteiger charge is -2.33. The molecule has 6 nitrogen and oxygen atoms in total. The predicted molar refractivity (Wildman–Crippen MR) is 80.4 cm³/mol. The fourth-order valence-corrected chi connectivity index (χ4v) is 4.04. The number of carbonyl (C=O) groups is 2. The Morgan fingerprint density at radius 1 is 1.27 bits per heavy atom. The molecule has 0 heterocycles. The second-order valence-electron chi connectivity index (χ2n) is 5.49. The fourth-order valence-electron chi connectivity index (χ4n) is 2.50. The Hall–Kier alpha value is -1.89. The minimum Gasteiger partial charge on any atom is -0.481 e. The van der Waals surface area contributed by atoms with Crippen molar-refractivity contribution in [1.29, 1.82) is 0 Å². The predicted octanol–water partition coefficient (Wildman–Crippen LogP) is 1.46. The topological polar surface area (TPSA) is 101 Å². The van der Waals surface area contributed by atoms with Gasteiger partial charge in [0.25, 0.3) is 5.91 Å². The van der Waals surface area contributed by atoms with Crippen molar-refractivity contribution in [3.63, 3.8) is 0 Å². The Balaban J connectivity index is 2.13. The van der Waals surface area contributed by atoms with Gasteiger partial charge in [-0.05, 0) is 31.4 Å². The molecule has 0 atom stereocenters. The van der Waals surface area contributed by atoms with Crippen LogP contribution >= 0.6 is 0 Å². The first-order valence-electron chi connectivity index (χ1n) is 7.20. The number of rotatable bonds is 6. The van der Waals surface area contributed by atoms with Crippen LogP contribution in [-0.4, -0.2) is 37.2 Å². The third-order valence-electron chi connectivity index (χ3n) is 3.76. The molecule has 0 aliphatic heterocycles. The summed E-state index contributed by atoms with van der Waals surface area (Å²) in [4.78, 5) is 23.1. The van der Waals surface area contributed by atoms with Gasteiger partial charge in [0.1, 0.15) is 0 Å². The maximum absolute atomic E-state index is 12.3. The first kappa shape index (κ1) is 16.5. The zero-order chi connectivity index (χ0) is 16.3. The van der Waals surface area contributed by atoms with E-state index in [0.717, 1.165) is 0 Å². The number of carboxylic acid groups (broad SMARTS) is 1. The molecule has 0 radical (unpaired) electrons. The molecule has 2 rings (SSSR count). The third-order valence-corrected chi connectivity index (χ3v) is 5.73. The highest BCUT2D eigenvalue weighted by Crippen LogP contribution is 2.28. The summed E-state index contributed by atoms with van der Waals surface area (Å²) in [7, 11) is -3.49. The lowest BCUT2D eigenvalue weighted by atomic mass is 9.80. The second kappa shape index (κ2) is 6.48. The van der Waals surface area contributed by atoms with Crippen LogP contribution in [0, 0.1) is 5.92 Å². The lowest BCUT2D eigenvalue weighted by Crippen LogP contribution is -2.46. The molecule has 1 aromatic rings. The maximum atomic E-state index is 12.3. The van der Waals surface area contributed by atoms with E-state index in [1.165, 1.54) is 12.1 Å². The SMILES string of the molecule is CCCS(=O)(=O)c1ccccc1C(=O)NC1CC(C(=O)O)C1. The highest BCUT2D eigenvalue weighted by atomic mass is 32.2. The molecule has 7 heteroatoms. The van der Waals surface area contributed by atoms with Crippen molar-refractivity contribution in [3.8, 4) is 0 Å². The van der Waals surface area contributed by atoms with Crippen LogP contribution in [0.25, 0.3) is 0 Å². The van der Waals surface area contributed by atoms with Gasteiger partial charge in [0.15, 0.2) is 9.84 Å². The quantitative estimate of drug-likeness (QED) is 0.825. The van der Waals surface area contributed by atoms with E-state index in [-0.39, 0.29) is 22.3 Å². The minimum absolute atomic E-state index is 0.0121. The van der Waals surface area contributed by atoms with Gasteiger partial charge in [-0.2, -0.15) is 0 Å². The Morgan fingerprint density at radius 2 is 1.91 bits per heavy atom. The second-order valence-corrected chi connectivity index (χ2v) is 7.57. The first-order valence-corrected chi connectivity index (χ1v) is 8.86. The van der Waals surface area contributed by atoms with Crippen LogP contribution in [-0.2, 0) is 14.6 Å². The van der Waals surface area contributed by atoms with Gasteiger partial charge in [-0.15, -0.1) is 0 Å². The van der Waals surface area contributed by atoms with Crippen molar-refractivity contribution >= 4 is 21.7 Å². The third kappa shape index (κ3) is 3.47. The molecule has 0 spiro atoms. The van der Waals surface area contributed by atoms with Gasteiger partial charge in [-0.25, -0.2) is 8.42 Å². The summed E-state index contributed by atoms with van der Waals surface area (Å²) < 4.78 is 24.4. The summed E-state index contributed by atoms with van der Waals surface area (Å²) in [5.74, 6) is -1.77. The van der Waals surface area contributed by atoms with Gasteiger partial charge >= 0.3 is 5.97 Å². The summed E-state index contributed by atoms with van der Waals surface area (Å²) in [5.41, 5.74) is 0.120. The van der Waals surface area contributed by atoms with E-state index in [1.807, 2.05) is 0 Å². The van der Waals surface area contributed by atoms with Gasteiger partial charge in [0.05, 0.1) is 22.1 Å². The van der Waals surface area contributed by atoms with Crippen LogP contribution in [0.2, 0.25) is 0 Å². The number of nitrogens with one attached hydrogen (secondary N) is 1. The van der Waals surface area contributed by atoms with E-state index < -0.39 is 27.6 Å². The molecule has 120 valence electrons. The minimum atomic E-state index is -3.49. The highest BCUT2D eigenvalue weighted by Gasteiger charge is 2.36. The molecule has 1 amide bonds. The number of amides is 1. The highest BCUT2D eigenvalue weighted by molar-refractivity contribution is 7.91. The van der Waals surface area contributed by atoms with Crippen LogP contribution in [0.4, 0.5) is 0 Å². The molecule has 22 heavy (non-hydrogen) atoms. The summed E-state index contributed by atoms with van der Waals surface area (Å²) >= 11 is 0. The van der Waals surface area contributed by atoms with Crippen LogP contribution in [0.5, 0.6) is 0 Å². The largest absolute Gasteiger partial charge is 0.481 e. The number of hydrogen-bond acceptors (Lipinski definition) is 4. The number of carbonyl (C=O) groups excluding carboxylic acids is 1. The van der Waals surface area contributed by atoms with Gasteiger partial charge in [0.2, 0.25) is 0 Å². The molecule has 1 fully saturated rings. The molecule has 0 aromatic heterocycles. The van der Waals surface area contributed by atoms with Gasteiger partial charge < -0.3 is 10.4 Å². The molecule has 1 aliphatic rings. The molecule has 1 aliphatic carbocycles. The van der Waals surface area contributed by atoms with Crippen LogP contribution in [0.15, 0.2) is 29.2 Å². The molecule has 2 N–H and O–H groups in total. The van der Waals surface area contributed by atoms with E-state index in [0.29, 0.717) is 19.3 Å². The standard InChI is InChI=1S/C15H19NO5S/c1-2-7-22(20,21)13-6-4-3-5-12(13)14(17)16-11-8-10(9-11)15(18)19/h3-6,10-11H,2,7-9H2,1H3,(H,16,17)(H,18,19). The van der Waals surface area contributed by atoms with Crippen LogP contribution in [0.3, 0.4) is 0 Å². The Bertz CT molecular complexity index is 677. The number of hydrogen-bond donors (Lipinski definition) is 2. The van der Waals surface area contributed by atoms with Crippen LogP contribution < -0.4 is 5.32 Å². The molecular weight excluding hydrogens is 306 g/mol. The maximum Gasteiger partial charge on any atom is 0.306 e. The lowest BCUT2D eigenvalue weighted by molar-refractivity contribution is -0.145. The average Bonchev–Trinajstić information content (AvgIpc) is 2.41. The molecule has 1 saturated carbocycles. The van der Waals surface area contributed by atoms with Crippen molar-refractivity contribution in [1.82, 2.24) is 5.32 Å². The van der Waals surface area contributed by atoms with Gasteiger partial charge in [-0.3, -0.25) is 9.59 Å². The molecule has 0 saturated heterocycles. The van der Waals surface area contributed by atoms with Crippen LogP contribution in [0.1, 0.15) is 36.5 Å². The summed E-state index contributed by atoms with van der Waals surface area (Å²) in [6.07, 6.45) is 1.23. The average molecular weight is 325 g/mol. The Labute approximate surface area is 129 Å². The zero-order valence-electron chi connectivity index (χ0n) is 12.3. The monoisotopic (exact) mass is 325 g/mol. The van der Waals surface area contributed by atoms with Gasteiger partial charge in [-0.1, -0.05) is 19.1 Å². The van der Waals surface area contributed by atoms with E-state index >= 15 is 0 Å². The number of carboxylic acids is 1. The van der Waals surface area contributed by atoms with E-state index in [9.17, 15) is 18.0 Å². The van der Waals surface area contributed by atoms with Crippen molar-refractivity contribution in [3.05, 3.63) is 29.8 Å². The number of sulfone groups is 1. The van der Waals surface area contributed by atoms with E-state index in [1.54, 1.807) is 19.1 Å². The van der Waals surface area contributed by atoms with Crippen molar-refractivity contribution in [2.24, 2.45) is 5.92 Å². The van der Waals surface area contributed by atoms with Crippen molar-refractivity contribution in [2.45, 2.75) is 37.1 Å². The normalized spacial score (nSPS) is 21.0. The van der Waals surface area contributed by atoms with Crippen molar-refractivity contribution < 1.29 is 23.1 Å². The number of benzene rings is 1. The van der Waals surface area contributed by atoms with Crippen molar-refractivity contribution in [2.75, 3.05) is 5.75 Å². The molecule has 1 aromatic carbocycles. The van der Waals surface area contributed by atoms with E-state index in [2.05, 4.69) is 5.32 Å². The molecule has 0 unspecified atom stereocenters. The van der Waals surface area contributed by atoms with E-state index in [4.69, 9.17) is 5.11 Å². The Kier molecular flexibility index (Phi) is 4.85. The number of aliphatic carboxylic acids is 1. The zero-order valence-corrected chi connectivity index (χ0v) is 13.1. The summed E-state index contributed by atoms with van der Waals surface area (Å²) in [6, 6.07) is 5.89. The molecule has 0 bridgehead atoms. The summed E-state index contributed by atoms with van der Waals surface area (Å²) in [6.45, 7) is 1.76. The molecular formula is C15H19NO5S. The van der Waals surface area contributed by atoms with Gasteiger partial charge in [0, 0.05) is 6.04 Å². The summed E-state index contributed by atoms with van der Waals surface area (Å²) in [5, 5.41) is 11.5. The fraction of sp³-hybridized carbons (Fsp3) is 0.467.